The van der Waals surface area contributed by atoms with Crippen LogP contribution in [0.25, 0.3) is 16.8 Å². The lowest BCUT2D eigenvalue weighted by Gasteiger charge is -2.20. The average molecular weight is 405 g/mol. The normalized spacial score (nSPS) is 16.6. The molecule has 0 unspecified atom stereocenters. The molecule has 30 heavy (non-hydrogen) atoms. The Kier molecular flexibility index (Phi) is 4.76. The highest BCUT2D eigenvalue weighted by Gasteiger charge is 2.26. The third-order valence-corrected chi connectivity index (χ3v) is 5.19. The molecule has 1 aliphatic rings. The lowest BCUT2D eigenvalue weighted by molar-refractivity contribution is 0.0776. The Morgan fingerprint density at radius 2 is 2.00 bits per heavy atom. The molecule has 0 amide bonds. The lowest BCUT2D eigenvalue weighted by Crippen LogP contribution is -2.18. The first-order valence-corrected chi connectivity index (χ1v) is 9.80. The molecule has 7 nitrogen and oxygen atoms in total. The number of fused-ring (bicyclic) bond motifs is 1. The fourth-order valence-electron chi connectivity index (χ4n) is 3.75. The van der Waals surface area contributed by atoms with Crippen LogP contribution in [-0.2, 0) is 4.74 Å². The van der Waals surface area contributed by atoms with Crippen LogP contribution in [0.15, 0.2) is 54.9 Å². The zero-order valence-corrected chi connectivity index (χ0v) is 16.2. The van der Waals surface area contributed by atoms with Crippen LogP contribution < -0.4 is 10.5 Å². The van der Waals surface area contributed by atoms with Crippen molar-refractivity contribution >= 4 is 11.3 Å². The van der Waals surface area contributed by atoms with E-state index in [2.05, 4.69) is 10.1 Å². The quantitative estimate of drug-likeness (QED) is 0.548. The van der Waals surface area contributed by atoms with Crippen LogP contribution in [0, 0.1) is 5.82 Å². The van der Waals surface area contributed by atoms with Gasteiger partial charge in [-0.2, -0.15) is 5.10 Å². The second-order valence-corrected chi connectivity index (χ2v) is 7.20. The Morgan fingerprint density at radius 3 is 2.77 bits per heavy atom. The van der Waals surface area contributed by atoms with E-state index in [-0.39, 0.29) is 11.7 Å². The highest BCUT2D eigenvalue weighted by atomic mass is 19.1. The van der Waals surface area contributed by atoms with E-state index in [1.807, 2.05) is 30.3 Å². The molecule has 0 radical (unpaired) electrons. The molecule has 8 heteroatoms. The van der Waals surface area contributed by atoms with Crippen LogP contribution in [0.1, 0.15) is 24.6 Å². The van der Waals surface area contributed by atoms with Crippen molar-refractivity contribution in [2.24, 2.45) is 0 Å². The molecule has 4 aromatic rings. The number of imidazole rings is 1. The molecular formula is C22H20FN5O2. The minimum atomic E-state index is -0.460. The second-order valence-electron chi connectivity index (χ2n) is 7.20. The van der Waals surface area contributed by atoms with Gasteiger partial charge in [-0.1, -0.05) is 18.2 Å². The van der Waals surface area contributed by atoms with E-state index in [1.165, 1.54) is 12.4 Å². The van der Waals surface area contributed by atoms with Crippen molar-refractivity contribution in [3.63, 3.8) is 0 Å². The summed E-state index contributed by atoms with van der Waals surface area (Å²) in [5.74, 6) is 1.60. The highest BCUT2D eigenvalue weighted by molar-refractivity contribution is 5.85. The molecule has 152 valence electrons. The average Bonchev–Trinajstić information content (AvgIpc) is 3.16. The van der Waals surface area contributed by atoms with Crippen molar-refractivity contribution < 1.29 is 13.9 Å². The van der Waals surface area contributed by atoms with Gasteiger partial charge in [0.05, 0.1) is 6.61 Å². The first kappa shape index (κ1) is 18.5. The van der Waals surface area contributed by atoms with Crippen LogP contribution >= 0.6 is 0 Å². The van der Waals surface area contributed by atoms with Gasteiger partial charge in [0, 0.05) is 24.2 Å². The number of rotatable bonds is 4. The van der Waals surface area contributed by atoms with Gasteiger partial charge in [0.15, 0.2) is 5.82 Å². The molecule has 1 saturated heterocycles. The minimum absolute atomic E-state index is 0.0676. The van der Waals surface area contributed by atoms with Crippen LogP contribution in [0.2, 0.25) is 0 Å². The summed E-state index contributed by atoms with van der Waals surface area (Å²) in [7, 11) is 0. The van der Waals surface area contributed by atoms with E-state index in [0.717, 1.165) is 19.4 Å². The number of nitrogen functional groups attached to an aromatic ring is 1. The summed E-state index contributed by atoms with van der Waals surface area (Å²) in [4.78, 5) is 8.82. The Bertz CT molecular complexity index is 1190. The molecule has 2 N–H and O–H groups in total. The first-order valence-electron chi connectivity index (χ1n) is 9.80. The maximum Gasteiger partial charge on any atom is 0.153 e. The number of para-hydroxylation sites is 1. The molecule has 0 saturated carbocycles. The van der Waals surface area contributed by atoms with E-state index in [4.69, 9.17) is 20.2 Å². The van der Waals surface area contributed by atoms with E-state index in [9.17, 15) is 0 Å². The number of nitrogens with zero attached hydrogens (tertiary/aromatic N) is 4. The summed E-state index contributed by atoms with van der Waals surface area (Å²) in [5.41, 5.74) is 7.35. The second kappa shape index (κ2) is 7.72. The van der Waals surface area contributed by atoms with Crippen molar-refractivity contribution in [3.8, 4) is 22.8 Å². The summed E-state index contributed by atoms with van der Waals surface area (Å²) in [6.07, 6.45) is 3.25. The number of halogens is 1. The van der Waals surface area contributed by atoms with Crippen molar-refractivity contribution in [2.75, 3.05) is 18.9 Å². The van der Waals surface area contributed by atoms with Crippen molar-refractivity contribution in [3.05, 3.63) is 66.5 Å². The highest BCUT2D eigenvalue weighted by Crippen LogP contribution is 2.35. The molecule has 1 fully saturated rings. The van der Waals surface area contributed by atoms with Crippen LogP contribution in [0.4, 0.5) is 10.2 Å². The molecular weight excluding hydrogens is 385 g/mol. The third kappa shape index (κ3) is 3.35. The number of ether oxygens (including phenoxy) is 2. The maximum atomic E-state index is 15.1. The summed E-state index contributed by atoms with van der Waals surface area (Å²) < 4.78 is 28.1. The Hall–Kier alpha value is -3.52. The lowest BCUT2D eigenvalue weighted by atomic mass is 10.0. The molecule has 1 aliphatic heterocycles. The van der Waals surface area contributed by atoms with Crippen molar-refractivity contribution in [1.29, 1.82) is 0 Å². The van der Waals surface area contributed by atoms with Crippen LogP contribution in [-0.4, -0.2) is 32.8 Å². The molecule has 0 spiro atoms. The topological polar surface area (TPSA) is 87.6 Å². The number of hydrogen-bond donors (Lipinski definition) is 1. The predicted octanol–water partition coefficient (Wildman–Crippen LogP) is 4.20. The zero-order chi connectivity index (χ0) is 20.5. The molecule has 0 aliphatic carbocycles. The Balaban J connectivity index is 1.57. The Labute approximate surface area is 172 Å². The third-order valence-electron chi connectivity index (χ3n) is 5.19. The molecule has 1 atom stereocenters. The van der Waals surface area contributed by atoms with Gasteiger partial charge in [0.25, 0.3) is 0 Å². The van der Waals surface area contributed by atoms with Gasteiger partial charge in [-0.25, -0.2) is 18.9 Å². The number of hydrogen-bond acceptors (Lipinski definition) is 6. The molecule has 0 bridgehead atoms. The number of benzene rings is 2. The van der Waals surface area contributed by atoms with Gasteiger partial charge in [-0.15, -0.1) is 0 Å². The summed E-state index contributed by atoms with van der Waals surface area (Å²) in [5, 5.41) is 4.33. The predicted molar refractivity (Wildman–Crippen MR) is 110 cm³/mol. The molecule has 5 rings (SSSR count). The van der Waals surface area contributed by atoms with Crippen molar-refractivity contribution in [2.45, 2.75) is 18.8 Å². The number of anilines is 1. The largest absolute Gasteiger partial charge is 0.457 e. The minimum Gasteiger partial charge on any atom is -0.457 e. The number of aromatic nitrogens is 4. The van der Waals surface area contributed by atoms with E-state index in [1.54, 1.807) is 16.6 Å². The smallest absolute Gasteiger partial charge is 0.153 e. The van der Waals surface area contributed by atoms with Gasteiger partial charge in [-0.3, -0.25) is 0 Å². The number of nitrogens with two attached hydrogens (primary N) is 1. The SMILES string of the molecule is Nc1ncnn2c([C@H]3CCCOC3)nc(-c3ccc(Oc4ccccc4)cc3F)c12. The molecule has 2 aromatic carbocycles. The van der Waals surface area contributed by atoms with Gasteiger partial charge in [0.2, 0.25) is 0 Å². The van der Waals surface area contributed by atoms with Gasteiger partial charge in [-0.05, 0) is 37.1 Å². The fourth-order valence-corrected chi connectivity index (χ4v) is 3.75. The summed E-state index contributed by atoms with van der Waals surface area (Å²) in [6, 6.07) is 13.9. The van der Waals surface area contributed by atoms with Crippen molar-refractivity contribution in [1.82, 2.24) is 19.6 Å². The maximum absolute atomic E-state index is 15.1. The van der Waals surface area contributed by atoms with Gasteiger partial charge in [0.1, 0.15) is 40.7 Å². The molecule has 2 aromatic heterocycles. The van der Waals surface area contributed by atoms with Gasteiger partial charge >= 0.3 is 0 Å². The van der Waals surface area contributed by atoms with Gasteiger partial charge < -0.3 is 15.2 Å². The van der Waals surface area contributed by atoms with E-state index < -0.39 is 5.82 Å². The zero-order valence-electron chi connectivity index (χ0n) is 16.2. The van der Waals surface area contributed by atoms with Crippen LogP contribution in [0.3, 0.4) is 0 Å². The molecule has 3 heterocycles. The summed E-state index contributed by atoms with van der Waals surface area (Å²) in [6.45, 7) is 1.29. The first-order chi connectivity index (χ1) is 14.7. The van der Waals surface area contributed by atoms with E-state index >= 15 is 4.39 Å². The van der Waals surface area contributed by atoms with E-state index in [0.29, 0.717) is 40.7 Å². The fraction of sp³-hybridized carbons (Fsp3) is 0.227. The standard InChI is InChI=1S/C22H20FN5O2/c23-18-11-16(30-15-6-2-1-3-7-15)8-9-17(18)19-20-21(24)25-13-26-28(20)22(27-19)14-5-4-10-29-12-14/h1-3,6-9,11,13-14H,4-5,10,12H2,(H2,24,25,26)/t14-/m0/s1. The summed E-state index contributed by atoms with van der Waals surface area (Å²) >= 11 is 0. The monoisotopic (exact) mass is 405 g/mol. The van der Waals surface area contributed by atoms with Crippen LogP contribution in [0.5, 0.6) is 11.5 Å². The Morgan fingerprint density at radius 1 is 1.13 bits per heavy atom.